The molecule has 3 heterocycles. The van der Waals surface area contributed by atoms with E-state index in [2.05, 4.69) is 150 Å². The highest BCUT2D eigenvalue weighted by molar-refractivity contribution is 6.10. The van der Waals surface area contributed by atoms with E-state index >= 15 is 0 Å². The molecule has 0 aliphatic heterocycles. The number of furan rings is 1. The van der Waals surface area contributed by atoms with Crippen molar-refractivity contribution in [2.45, 2.75) is 0 Å². The average molecular weight is 717 g/mol. The largest absolute Gasteiger partial charge is 0.455 e. The molecule has 0 unspecified atom stereocenters. The Hall–Kier alpha value is -7.63. The van der Waals surface area contributed by atoms with Crippen LogP contribution in [0.2, 0.25) is 0 Å². The van der Waals surface area contributed by atoms with E-state index in [4.69, 9.17) is 19.4 Å². The SMILES string of the molecule is c1ccc(-c2nc(-c3ccc(-c4ccc(-n5c6ccccc6c6ccccc65)cc4)cc3)nc(-c3ccc(-c4cccc5c4oc4ccccc45)cc3)n2)cc1. The van der Waals surface area contributed by atoms with Gasteiger partial charge >= 0.3 is 0 Å². The summed E-state index contributed by atoms with van der Waals surface area (Å²) >= 11 is 0. The summed E-state index contributed by atoms with van der Waals surface area (Å²) in [6, 6.07) is 67.4. The predicted octanol–water partition coefficient (Wildman–Crippen LogP) is 13.2. The van der Waals surface area contributed by atoms with E-state index in [1.54, 1.807) is 0 Å². The zero-order chi connectivity index (χ0) is 37.0. The minimum atomic E-state index is 0.618. The van der Waals surface area contributed by atoms with Gasteiger partial charge in [-0.3, -0.25) is 0 Å². The molecule has 0 fully saturated rings. The molecule has 5 heteroatoms. The highest BCUT2D eigenvalue weighted by Crippen LogP contribution is 2.37. The predicted molar refractivity (Wildman–Crippen MR) is 229 cm³/mol. The van der Waals surface area contributed by atoms with E-state index in [0.717, 1.165) is 66.6 Å². The Labute approximate surface area is 322 Å². The first-order chi connectivity index (χ1) is 27.7. The normalized spacial score (nSPS) is 11.6. The van der Waals surface area contributed by atoms with Gasteiger partial charge in [0.1, 0.15) is 11.2 Å². The van der Waals surface area contributed by atoms with Crippen molar-refractivity contribution >= 4 is 43.7 Å². The second kappa shape index (κ2) is 13.0. The topological polar surface area (TPSA) is 56.7 Å². The lowest BCUT2D eigenvalue weighted by atomic mass is 10.0. The molecular weight excluding hydrogens is 685 g/mol. The number of aromatic nitrogens is 4. The van der Waals surface area contributed by atoms with Crippen molar-refractivity contribution in [2.24, 2.45) is 0 Å². The Morgan fingerprint density at radius 3 is 1.38 bits per heavy atom. The zero-order valence-corrected chi connectivity index (χ0v) is 30.2. The van der Waals surface area contributed by atoms with Crippen LogP contribution in [0.3, 0.4) is 0 Å². The van der Waals surface area contributed by atoms with Crippen molar-refractivity contribution in [3.05, 3.63) is 194 Å². The smallest absolute Gasteiger partial charge is 0.164 e. The molecule has 0 spiro atoms. The van der Waals surface area contributed by atoms with E-state index in [-0.39, 0.29) is 0 Å². The van der Waals surface area contributed by atoms with Crippen LogP contribution in [-0.2, 0) is 0 Å². The van der Waals surface area contributed by atoms with Crippen LogP contribution in [-0.4, -0.2) is 19.5 Å². The minimum absolute atomic E-state index is 0.618. The fraction of sp³-hybridized carbons (Fsp3) is 0. The molecule has 11 rings (SSSR count). The number of hydrogen-bond acceptors (Lipinski definition) is 4. The number of benzene rings is 8. The second-order valence-corrected chi connectivity index (χ2v) is 14.0. The number of rotatable bonds is 6. The number of fused-ring (bicyclic) bond motifs is 6. The number of hydrogen-bond donors (Lipinski definition) is 0. The standard InChI is InChI=1S/C51H32N4O/c1-2-11-36(12-3-1)49-52-50(54-51(53-49)38-27-23-35(24-28-38)40-16-10-17-44-43-15-6-9-20-47(43)56-48(40)44)37-25-21-33(22-26-37)34-29-31-39(32-30-34)55-45-18-7-4-13-41(45)42-14-5-8-19-46(42)55/h1-32H. The third-order valence-corrected chi connectivity index (χ3v) is 10.7. The molecule has 5 nitrogen and oxygen atoms in total. The molecule has 0 saturated carbocycles. The number of para-hydroxylation sites is 4. The molecule has 0 N–H and O–H groups in total. The van der Waals surface area contributed by atoms with Gasteiger partial charge in [-0.05, 0) is 47.0 Å². The summed E-state index contributed by atoms with van der Waals surface area (Å²) in [6.45, 7) is 0. The van der Waals surface area contributed by atoms with Crippen molar-refractivity contribution in [1.82, 2.24) is 19.5 Å². The van der Waals surface area contributed by atoms with Gasteiger partial charge in [0.2, 0.25) is 0 Å². The monoisotopic (exact) mass is 716 g/mol. The Balaban J connectivity index is 0.928. The molecule has 0 aliphatic rings. The summed E-state index contributed by atoms with van der Waals surface area (Å²) in [6.07, 6.45) is 0. The van der Waals surface area contributed by atoms with Gasteiger partial charge in [-0.2, -0.15) is 0 Å². The van der Waals surface area contributed by atoms with Crippen molar-refractivity contribution in [3.8, 4) is 62.1 Å². The first kappa shape index (κ1) is 31.9. The lowest BCUT2D eigenvalue weighted by Crippen LogP contribution is -2.00. The van der Waals surface area contributed by atoms with Crippen LogP contribution in [0.1, 0.15) is 0 Å². The van der Waals surface area contributed by atoms with Crippen LogP contribution in [0.15, 0.2) is 199 Å². The van der Waals surface area contributed by atoms with Gasteiger partial charge in [0.05, 0.1) is 11.0 Å². The third kappa shape index (κ3) is 5.37. The van der Waals surface area contributed by atoms with Crippen LogP contribution in [0.5, 0.6) is 0 Å². The van der Waals surface area contributed by atoms with E-state index in [1.807, 2.05) is 48.5 Å². The molecular formula is C51H32N4O. The molecule has 0 amide bonds. The molecule has 262 valence electrons. The van der Waals surface area contributed by atoms with Crippen molar-refractivity contribution in [3.63, 3.8) is 0 Å². The van der Waals surface area contributed by atoms with Crippen LogP contribution in [0, 0.1) is 0 Å². The van der Waals surface area contributed by atoms with Crippen LogP contribution >= 0.6 is 0 Å². The molecule has 0 saturated heterocycles. The lowest BCUT2D eigenvalue weighted by molar-refractivity contribution is 0.670. The minimum Gasteiger partial charge on any atom is -0.455 e. The van der Waals surface area contributed by atoms with E-state index < -0.39 is 0 Å². The zero-order valence-electron chi connectivity index (χ0n) is 30.2. The third-order valence-electron chi connectivity index (χ3n) is 10.7. The van der Waals surface area contributed by atoms with Gasteiger partial charge in [-0.15, -0.1) is 0 Å². The summed E-state index contributed by atoms with van der Waals surface area (Å²) < 4.78 is 8.68. The van der Waals surface area contributed by atoms with Gasteiger partial charge in [-0.25, -0.2) is 15.0 Å². The van der Waals surface area contributed by atoms with Gasteiger partial charge in [-0.1, -0.05) is 164 Å². The second-order valence-electron chi connectivity index (χ2n) is 14.0. The maximum absolute atomic E-state index is 6.33. The quantitative estimate of drug-likeness (QED) is 0.172. The summed E-state index contributed by atoms with van der Waals surface area (Å²) in [4.78, 5) is 15.0. The Morgan fingerprint density at radius 1 is 0.321 bits per heavy atom. The highest BCUT2D eigenvalue weighted by Gasteiger charge is 2.16. The first-order valence-electron chi connectivity index (χ1n) is 18.8. The summed E-state index contributed by atoms with van der Waals surface area (Å²) in [7, 11) is 0. The fourth-order valence-electron chi connectivity index (χ4n) is 7.94. The van der Waals surface area contributed by atoms with Crippen molar-refractivity contribution in [2.75, 3.05) is 0 Å². The average Bonchev–Trinajstić information content (AvgIpc) is 3.83. The Kier molecular flexibility index (Phi) is 7.42. The van der Waals surface area contributed by atoms with Crippen molar-refractivity contribution < 1.29 is 4.42 Å². The van der Waals surface area contributed by atoms with Gasteiger partial charge < -0.3 is 8.98 Å². The lowest BCUT2D eigenvalue weighted by Gasteiger charge is -2.11. The van der Waals surface area contributed by atoms with Crippen molar-refractivity contribution in [1.29, 1.82) is 0 Å². The van der Waals surface area contributed by atoms with Crippen LogP contribution in [0.25, 0.3) is 106 Å². The number of nitrogens with zero attached hydrogens (tertiary/aromatic N) is 4. The summed E-state index contributed by atoms with van der Waals surface area (Å²) in [5, 5.41) is 4.75. The van der Waals surface area contributed by atoms with Crippen LogP contribution in [0.4, 0.5) is 0 Å². The summed E-state index contributed by atoms with van der Waals surface area (Å²) in [5.41, 5.74) is 12.5. The molecule has 0 bridgehead atoms. The Morgan fingerprint density at radius 2 is 0.768 bits per heavy atom. The molecule has 3 aromatic heterocycles. The van der Waals surface area contributed by atoms with Crippen LogP contribution < -0.4 is 0 Å². The Bertz CT molecular complexity index is 3160. The molecule has 56 heavy (non-hydrogen) atoms. The molecule has 0 atom stereocenters. The maximum atomic E-state index is 6.33. The maximum Gasteiger partial charge on any atom is 0.164 e. The van der Waals surface area contributed by atoms with E-state index in [1.165, 1.54) is 21.8 Å². The van der Waals surface area contributed by atoms with Gasteiger partial charge in [0.25, 0.3) is 0 Å². The fourth-order valence-corrected chi connectivity index (χ4v) is 7.94. The highest BCUT2D eigenvalue weighted by atomic mass is 16.3. The van der Waals surface area contributed by atoms with Gasteiger partial charge in [0.15, 0.2) is 17.5 Å². The van der Waals surface area contributed by atoms with E-state index in [9.17, 15) is 0 Å². The molecule has 11 aromatic rings. The molecule has 0 radical (unpaired) electrons. The first-order valence-corrected chi connectivity index (χ1v) is 18.8. The molecule has 8 aromatic carbocycles. The molecule has 0 aliphatic carbocycles. The van der Waals surface area contributed by atoms with Gasteiger partial charge in [0, 0.05) is 49.5 Å². The summed E-state index contributed by atoms with van der Waals surface area (Å²) in [5.74, 6) is 1.87. The van der Waals surface area contributed by atoms with E-state index in [0.29, 0.717) is 17.5 Å².